The Hall–Kier alpha value is -1.10. The van der Waals surface area contributed by atoms with Gasteiger partial charge in [-0.1, -0.05) is 40.0 Å². The van der Waals surface area contributed by atoms with Gasteiger partial charge in [0.2, 0.25) is 5.91 Å². The molecule has 0 radical (unpaired) electrons. The minimum absolute atomic E-state index is 0.224. The molecule has 0 unspecified atom stereocenters. The number of carbonyl (C=O) groups excluding carboxylic acids is 2. The van der Waals surface area contributed by atoms with E-state index in [2.05, 4.69) is 5.32 Å². The van der Waals surface area contributed by atoms with Gasteiger partial charge >= 0.3 is 5.97 Å². The molecule has 20 heavy (non-hydrogen) atoms. The summed E-state index contributed by atoms with van der Waals surface area (Å²) < 4.78 is 4.77. The summed E-state index contributed by atoms with van der Waals surface area (Å²) >= 11 is 0. The third-order valence-electron chi connectivity index (χ3n) is 4.05. The third kappa shape index (κ3) is 4.47. The lowest BCUT2D eigenvalue weighted by atomic mass is 9.83. The molecule has 1 fully saturated rings. The summed E-state index contributed by atoms with van der Waals surface area (Å²) in [7, 11) is 1.33. The minimum atomic E-state index is -0.672. The zero-order chi connectivity index (χ0) is 15.3. The molecule has 0 aromatic rings. The van der Waals surface area contributed by atoms with E-state index in [9.17, 15) is 9.59 Å². The molecule has 1 aliphatic rings. The molecule has 1 rings (SSSR count). The number of hydrogen-bond acceptors (Lipinski definition) is 4. The van der Waals surface area contributed by atoms with Crippen LogP contribution in [-0.4, -0.2) is 31.1 Å². The van der Waals surface area contributed by atoms with Crippen molar-refractivity contribution in [2.45, 2.75) is 65.0 Å². The van der Waals surface area contributed by atoms with Gasteiger partial charge in [-0.05, 0) is 24.2 Å². The van der Waals surface area contributed by atoms with E-state index < -0.39 is 23.5 Å². The Morgan fingerprint density at radius 1 is 1.20 bits per heavy atom. The van der Waals surface area contributed by atoms with Gasteiger partial charge in [0.25, 0.3) is 0 Å². The standard InChI is InChI=1S/C15H28N2O3/c1-15(2,3)12(14(19)20-4)17-13(18)11(16)10-8-6-5-7-9-10/h10-12H,5-9,16H2,1-4H3,(H,17,18)/t11-,12+/m0/s1. The molecule has 1 amide bonds. The normalized spacial score (nSPS) is 20.1. The molecule has 116 valence electrons. The molecule has 0 spiro atoms. The fraction of sp³-hybridized carbons (Fsp3) is 0.867. The van der Waals surface area contributed by atoms with Crippen LogP contribution >= 0.6 is 0 Å². The van der Waals surface area contributed by atoms with Crippen LogP contribution in [-0.2, 0) is 14.3 Å². The second-order valence-electron chi connectivity index (χ2n) is 6.75. The zero-order valence-corrected chi connectivity index (χ0v) is 13.1. The SMILES string of the molecule is COC(=O)[C@@H](NC(=O)[C@@H](N)C1CCCCC1)C(C)(C)C. The van der Waals surface area contributed by atoms with Gasteiger partial charge in [0.1, 0.15) is 6.04 Å². The predicted molar refractivity (Wildman–Crippen MR) is 78.0 cm³/mol. The van der Waals surface area contributed by atoms with Crippen LogP contribution in [0, 0.1) is 11.3 Å². The average Bonchev–Trinajstić information content (AvgIpc) is 2.42. The number of nitrogens with one attached hydrogen (secondary N) is 1. The van der Waals surface area contributed by atoms with Crippen molar-refractivity contribution in [3.05, 3.63) is 0 Å². The Morgan fingerprint density at radius 3 is 2.20 bits per heavy atom. The second-order valence-corrected chi connectivity index (χ2v) is 6.75. The van der Waals surface area contributed by atoms with Crippen LogP contribution < -0.4 is 11.1 Å². The Labute approximate surface area is 121 Å². The van der Waals surface area contributed by atoms with E-state index >= 15 is 0 Å². The largest absolute Gasteiger partial charge is 0.467 e. The van der Waals surface area contributed by atoms with Crippen molar-refractivity contribution in [1.29, 1.82) is 0 Å². The first-order valence-electron chi connectivity index (χ1n) is 7.41. The molecular formula is C15H28N2O3. The fourth-order valence-corrected chi connectivity index (χ4v) is 2.69. The Balaban J connectivity index is 2.67. The lowest BCUT2D eigenvalue weighted by Gasteiger charge is -2.32. The van der Waals surface area contributed by atoms with Crippen molar-refractivity contribution in [2.75, 3.05) is 7.11 Å². The van der Waals surface area contributed by atoms with Gasteiger partial charge in [0.15, 0.2) is 0 Å². The molecule has 0 aliphatic heterocycles. The van der Waals surface area contributed by atoms with Crippen LogP contribution in [0.1, 0.15) is 52.9 Å². The van der Waals surface area contributed by atoms with Gasteiger partial charge in [-0.2, -0.15) is 0 Å². The number of hydrogen-bond donors (Lipinski definition) is 2. The highest BCUT2D eigenvalue weighted by Crippen LogP contribution is 2.26. The molecule has 0 saturated heterocycles. The van der Waals surface area contributed by atoms with Crippen molar-refractivity contribution in [3.8, 4) is 0 Å². The van der Waals surface area contributed by atoms with Crippen molar-refractivity contribution in [1.82, 2.24) is 5.32 Å². The summed E-state index contributed by atoms with van der Waals surface area (Å²) in [4.78, 5) is 24.1. The van der Waals surface area contributed by atoms with Crippen molar-refractivity contribution >= 4 is 11.9 Å². The maximum Gasteiger partial charge on any atom is 0.328 e. The van der Waals surface area contributed by atoms with Gasteiger partial charge < -0.3 is 15.8 Å². The molecule has 0 bridgehead atoms. The van der Waals surface area contributed by atoms with Gasteiger partial charge in [-0.25, -0.2) is 4.79 Å². The number of nitrogens with two attached hydrogens (primary N) is 1. The topological polar surface area (TPSA) is 81.4 Å². The maximum absolute atomic E-state index is 12.3. The first kappa shape index (κ1) is 17.0. The van der Waals surface area contributed by atoms with E-state index in [0.29, 0.717) is 0 Å². The summed E-state index contributed by atoms with van der Waals surface area (Å²) in [6.07, 6.45) is 5.47. The number of amides is 1. The number of methoxy groups -OCH3 is 1. The summed E-state index contributed by atoms with van der Waals surface area (Å²) in [5, 5.41) is 2.77. The van der Waals surface area contributed by atoms with Crippen LogP contribution in [0.5, 0.6) is 0 Å². The van der Waals surface area contributed by atoms with Crippen LogP contribution in [0.25, 0.3) is 0 Å². The molecule has 1 aliphatic carbocycles. The summed E-state index contributed by atoms with van der Waals surface area (Å²) in [6.45, 7) is 5.67. The first-order chi connectivity index (χ1) is 9.27. The van der Waals surface area contributed by atoms with E-state index in [1.165, 1.54) is 13.5 Å². The Morgan fingerprint density at radius 2 is 1.75 bits per heavy atom. The average molecular weight is 284 g/mol. The Bertz CT molecular complexity index is 344. The number of ether oxygens (including phenoxy) is 1. The number of esters is 1. The van der Waals surface area contributed by atoms with Crippen LogP contribution in [0.4, 0.5) is 0 Å². The van der Waals surface area contributed by atoms with E-state index in [-0.39, 0.29) is 11.8 Å². The monoisotopic (exact) mass is 284 g/mol. The molecule has 1 saturated carbocycles. The summed E-state index contributed by atoms with van der Waals surface area (Å²) in [5.74, 6) is -0.453. The number of carbonyl (C=O) groups is 2. The van der Waals surface area contributed by atoms with E-state index in [0.717, 1.165) is 25.7 Å². The van der Waals surface area contributed by atoms with Crippen molar-refractivity contribution < 1.29 is 14.3 Å². The quantitative estimate of drug-likeness (QED) is 0.768. The molecule has 0 heterocycles. The van der Waals surface area contributed by atoms with Crippen molar-refractivity contribution in [2.24, 2.45) is 17.1 Å². The zero-order valence-electron chi connectivity index (χ0n) is 13.1. The van der Waals surface area contributed by atoms with Crippen LogP contribution in [0.15, 0.2) is 0 Å². The highest BCUT2D eigenvalue weighted by molar-refractivity contribution is 5.88. The minimum Gasteiger partial charge on any atom is -0.467 e. The van der Waals surface area contributed by atoms with E-state index in [1.807, 2.05) is 20.8 Å². The van der Waals surface area contributed by atoms with Gasteiger partial charge in [-0.3, -0.25) is 4.79 Å². The first-order valence-corrected chi connectivity index (χ1v) is 7.41. The molecule has 0 aromatic carbocycles. The van der Waals surface area contributed by atoms with E-state index in [1.54, 1.807) is 0 Å². The molecule has 0 aromatic heterocycles. The third-order valence-corrected chi connectivity index (χ3v) is 4.05. The summed E-state index contributed by atoms with van der Waals surface area (Å²) in [6, 6.07) is -1.21. The lowest BCUT2D eigenvalue weighted by molar-refractivity contribution is -0.148. The lowest BCUT2D eigenvalue weighted by Crippen LogP contribution is -2.55. The van der Waals surface area contributed by atoms with Crippen molar-refractivity contribution in [3.63, 3.8) is 0 Å². The molecule has 5 nitrogen and oxygen atoms in total. The Kier molecular flexibility index (Phi) is 5.99. The molecule has 2 atom stereocenters. The van der Waals surface area contributed by atoms with E-state index in [4.69, 9.17) is 10.5 Å². The van der Waals surface area contributed by atoms with Gasteiger partial charge in [0.05, 0.1) is 13.2 Å². The fourth-order valence-electron chi connectivity index (χ4n) is 2.69. The van der Waals surface area contributed by atoms with Gasteiger partial charge in [0, 0.05) is 0 Å². The van der Waals surface area contributed by atoms with Crippen LogP contribution in [0.3, 0.4) is 0 Å². The van der Waals surface area contributed by atoms with Gasteiger partial charge in [-0.15, -0.1) is 0 Å². The molecular weight excluding hydrogens is 256 g/mol. The maximum atomic E-state index is 12.3. The molecule has 5 heteroatoms. The highest BCUT2D eigenvalue weighted by atomic mass is 16.5. The smallest absolute Gasteiger partial charge is 0.328 e. The number of rotatable bonds is 4. The van der Waals surface area contributed by atoms with Crippen LogP contribution in [0.2, 0.25) is 0 Å². The second kappa shape index (κ2) is 7.07. The summed E-state index contributed by atoms with van der Waals surface area (Å²) in [5.41, 5.74) is 5.65. The molecule has 3 N–H and O–H groups in total. The predicted octanol–water partition coefficient (Wildman–Crippen LogP) is 1.60. The highest BCUT2D eigenvalue weighted by Gasteiger charge is 2.36.